The highest BCUT2D eigenvalue weighted by atomic mass is 16.5. The lowest BCUT2D eigenvalue weighted by atomic mass is 10.0. The molecule has 0 aliphatic carbocycles. The molecule has 0 saturated heterocycles. The van der Waals surface area contributed by atoms with Gasteiger partial charge in [0.15, 0.2) is 0 Å². The summed E-state index contributed by atoms with van der Waals surface area (Å²) >= 11 is 0. The number of hydrogen-bond acceptors (Lipinski definition) is 3. The van der Waals surface area contributed by atoms with Gasteiger partial charge < -0.3 is 14.5 Å². The second-order valence-electron chi connectivity index (χ2n) is 9.34. The van der Waals surface area contributed by atoms with Gasteiger partial charge in [-0.2, -0.15) is 0 Å². The summed E-state index contributed by atoms with van der Waals surface area (Å²) in [5.74, 6) is -0.308. The van der Waals surface area contributed by atoms with E-state index in [1.54, 1.807) is 30.0 Å². The molecule has 5 heteroatoms. The first-order valence-corrected chi connectivity index (χ1v) is 12.8. The Morgan fingerprint density at radius 1 is 0.892 bits per heavy atom. The van der Waals surface area contributed by atoms with Gasteiger partial charge in [-0.05, 0) is 41.7 Å². The zero-order valence-corrected chi connectivity index (χ0v) is 22.4. The van der Waals surface area contributed by atoms with Crippen LogP contribution in [0.15, 0.2) is 84.9 Å². The smallest absolute Gasteiger partial charge is 0.247 e. The monoisotopic (exact) mass is 498 g/mol. The predicted molar refractivity (Wildman–Crippen MR) is 150 cm³/mol. The molecule has 2 amide bonds. The van der Waals surface area contributed by atoms with Gasteiger partial charge in [0.1, 0.15) is 6.04 Å². The van der Waals surface area contributed by atoms with E-state index in [1.807, 2.05) is 79.7 Å². The first-order valence-electron chi connectivity index (χ1n) is 12.8. The number of aryl methyl sites for hydroxylation is 2. The van der Waals surface area contributed by atoms with Gasteiger partial charge in [0, 0.05) is 39.7 Å². The molecule has 0 aromatic heterocycles. The van der Waals surface area contributed by atoms with E-state index in [9.17, 15) is 9.59 Å². The molecule has 0 spiro atoms. The summed E-state index contributed by atoms with van der Waals surface area (Å²) in [7, 11) is 3.38. The molecule has 0 radical (unpaired) electrons. The van der Waals surface area contributed by atoms with Crippen molar-refractivity contribution in [3.05, 3.63) is 113 Å². The number of hydrogen-bond donors (Lipinski definition) is 0. The second-order valence-corrected chi connectivity index (χ2v) is 9.34. The van der Waals surface area contributed by atoms with Crippen molar-refractivity contribution in [3.63, 3.8) is 0 Å². The molecule has 0 aliphatic heterocycles. The maximum absolute atomic E-state index is 13.8. The van der Waals surface area contributed by atoms with E-state index in [2.05, 4.69) is 19.1 Å². The third-order valence-corrected chi connectivity index (χ3v) is 6.50. The third kappa shape index (κ3) is 8.43. The Balaban J connectivity index is 1.97. The lowest BCUT2D eigenvalue weighted by Crippen LogP contribution is -2.51. The molecule has 0 saturated carbocycles. The molecule has 0 N–H and O–H groups in total. The van der Waals surface area contributed by atoms with Gasteiger partial charge in [0.25, 0.3) is 0 Å². The van der Waals surface area contributed by atoms with E-state index in [1.165, 1.54) is 5.56 Å². The van der Waals surface area contributed by atoms with Crippen molar-refractivity contribution in [1.29, 1.82) is 0 Å². The molecule has 0 heterocycles. The van der Waals surface area contributed by atoms with E-state index >= 15 is 0 Å². The average Bonchev–Trinajstić information content (AvgIpc) is 2.93. The fourth-order valence-corrected chi connectivity index (χ4v) is 4.12. The highest BCUT2D eigenvalue weighted by molar-refractivity contribution is 5.95. The first-order chi connectivity index (χ1) is 17.9. The number of carbonyl (C=O) groups is 2. The van der Waals surface area contributed by atoms with Crippen LogP contribution in [0.1, 0.15) is 34.7 Å². The van der Waals surface area contributed by atoms with Gasteiger partial charge >= 0.3 is 0 Å². The predicted octanol–water partition coefficient (Wildman–Crippen LogP) is 5.32. The third-order valence-electron chi connectivity index (χ3n) is 6.50. The molecule has 194 valence electrons. The van der Waals surface area contributed by atoms with Crippen LogP contribution in [0, 0.1) is 6.92 Å². The van der Waals surface area contributed by atoms with Crippen molar-refractivity contribution < 1.29 is 14.3 Å². The normalized spacial score (nSPS) is 11.9. The van der Waals surface area contributed by atoms with Gasteiger partial charge in [-0.25, -0.2) is 0 Å². The average molecular weight is 499 g/mol. The molecule has 37 heavy (non-hydrogen) atoms. The van der Waals surface area contributed by atoms with Gasteiger partial charge in [0.05, 0.1) is 6.61 Å². The van der Waals surface area contributed by atoms with Gasteiger partial charge in [-0.3, -0.25) is 9.59 Å². The quantitative estimate of drug-likeness (QED) is 0.318. The SMILES string of the molecule is CCc1ccc(CN(C(=O)/C=C/c2ccc(C)cc2)[C@@H](Cc2ccccc2)C(=O)N(C)CCOC)cc1. The minimum absolute atomic E-state index is 0.108. The van der Waals surface area contributed by atoms with Crippen LogP contribution < -0.4 is 0 Å². The molecule has 0 fully saturated rings. The standard InChI is InChI=1S/C32H38N2O3/c1-5-26-15-17-29(18-16-26)24-34(31(35)20-19-27-13-11-25(2)12-14-27)30(23-28-9-7-6-8-10-28)32(36)33(3)21-22-37-4/h6-20,30H,5,21-24H2,1-4H3/b20-19+/t30-/m0/s1. The lowest BCUT2D eigenvalue weighted by Gasteiger charge is -2.33. The van der Waals surface area contributed by atoms with Gasteiger partial charge in [-0.1, -0.05) is 91.3 Å². The van der Waals surface area contributed by atoms with Crippen LogP contribution in [0.5, 0.6) is 0 Å². The van der Waals surface area contributed by atoms with E-state index in [0.29, 0.717) is 26.1 Å². The number of nitrogens with zero attached hydrogens (tertiary/aromatic N) is 2. The summed E-state index contributed by atoms with van der Waals surface area (Å²) in [6.45, 7) is 5.37. The molecule has 3 aromatic rings. The highest BCUT2D eigenvalue weighted by Crippen LogP contribution is 2.18. The maximum Gasteiger partial charge on any atom is 0.247 e. The maximum atomic E-state index is 13.8. The van der Waals surface area contributed by atoms with E-state index in [0.717, 1.165) is 28.7 Å². The molecule has 0 unspecified atom stereocenters. The van der Waals surface area contributed by atoms with Crippen LogP contribution in [0.25, 0.3) is 6.08 Å². The molecule has 3 rings (SSSR count). The number of ether oxygens (including phenoxy) is 1. The number of rotatable bonds is 12. The zero-order chi connectivity index (χ0) is 26.6. The lowest BCUT2D eigenvalue weighted by molar-refractivity contribution is -0.143. The Morgan fingerprint density at radius 2 is 1.54 bits per heavy atom. The Labute approximate surface area is 221 Å². The van der Waals surface area contributed by atoms with Crippen LogP contribution in [0.2, 0.25) is 0 Å². The van der Waals surface area contributed by atoms with Crippen LogP contribution in [0.3, 0.4) is 0 Å². The summed E-state index contributed by atoms with van der Waals surface area (Å²) in [5, 5.41) is 0. The molecule has 0 bridgehead atoms. The molecular weight excluding hydrogens is 460 g/mol. The minimum atomic E-state index is -0.662. The molecule has 5 nitrogen and oxygen atoms in total. The Bertz CT molecular complexity index is 1150. The van der Waals surface area contributed by atoms with Gasteiger partial charge in [0.2, 0.25) is 11.8 Å². The number of likely N-dealkylation sites (N-methyl/N-ethyl adjacent to an activating group) is 1. The van der Waals surface area contributed by atoms with Crippen LogP contribution in [-0.4, -0.2) is 55.0 Å². The van der Waals surface area contributed by atoms with Crippen molar-refractivity contribution in [3.8, 4) is 0 Å². The number of carbonyl (C=O) groups excluding carboxylic acids is 2. The number of benzene rings is 3. The van der Waals surface area contributed by atoms with Gasteiger partial charge in [-0.15, -0.1) is 0 Å². The van der Waals surface area contributed by atoms with Crippen molar-refractivity contribution >= 4 is 17.9 Å². The fraction of sp³-hybridized carbons (Fsp3) is 0.312. The molecule has 0 aliphatic rings. The van der Waals surface area contributed by atoms with Crippen LogP contribution in [0.4, 0.5) is 0 Å². The van der Waals surface area contributed by atoms with Crippen molar-refractivity contribution in [2.75, 3.05) is 27.3 Å². The van der Waals surface area contributed by atoms with Crippen molar-refractivity contribution in [1.82, 2.24) is 9.80 Å². The summed E-state index contributed by atoms with van der Waals surface area (Å²) in [5.41, 5.74) is 5.32. The summed E-state index contributed by atoms with van der Waals surface area (Å²) in [6, 6.07) is 25.5. The van der Waals surface area contributed by atoms with Crippen LogP contribution >= 0.6 is 0 Å². The molecule has 1 atom stereocenters. The largest absolute Gasteiger partial charge is 0.383 e. The number of methoxy groups -OCH3 is 1. The summed E-state index contributed by atoms with van der Waals surface area (Å²) < 4.78 is 5.20. The minimum Gasteiger partial charge on any atom is -0.383 e. The molecule has 3 aromatic carbocycles. The van der Waals surface area contributed by atoms with Crippen LogP contribution in [-0.2, 0) is 33.7 Å². The number of amides is 2. The van der Waals surface area contributed by atoms with E-state index in [4.69, 9.17) is 4.74 Å². The van der Waals surface area contributed by atoms with E-state index in [-0.39, 0.29) is 11.8 Å². The highest BCUT2D eigenvalue weighted by Gasteiger charge is 2.31. The summed E-state index contributed by atoms with van der Waals surface area (Å²) in [4.78, 5) is 30.8. The molecular formula is C32H38N2O3. The van der Waals surface area contributed by atoms with Crippen molar-refractivity contribution in [2.24, 2.45) is 0 Å². The second kappa shape index (κ2) is 14.1. The Morgan fingerprint density at radius 3 is 2.16 bits per heavy atom. The zero-order valence-electron chi connectivity index (χ0n) is 22.4. The Kier molecular flexibility index (Phi) is 10.7. The van der Waals surface area contributed by atoms with Crippen molar-refractivity contribution in [2.45, 2.75) is 39.3 Å². The Hall–Kier alpha value is -3.70. The summed E-state index contributed by atoms with van der Waals surface area (Å²) in [6.07, 6.45) is 4.76. The topological polar surface area (TPSA) is 49.9 Å². The first kappa shape index (κ1) is 27.9. The fourth-order valence-electron chi connectivity index (χ4n) is 4.12. The van der Waals surface area contributed by atoms with E-state index < -0.39 is 6.04 Å².